The minimum atomic E-state index is 0. The molecule has 3 rings (SSSR count). The number of likely N-dealkylation sites (tertiary alicyclic amines) is 1. The molecule has 1 saturated carbocycles. The monoisotopic (exact) mass is 505 g/mol. The third kappa shape index (κ3) is 6.04. The Kier molecular flexibility index (Phi) is 8.78. The molecule has 1 saturated heterocycles. The average molecular weight is 505 g/mol. The average Bonchev–Trinajstić information content (AvgIpc) is 3.39. The van der Waals surface area contributed by atoms with E-state index in [1.54, 1.807) is 18.4 Å². The summed E-state index contributed by atoms with van der Waals surface area (Å²) in [6, 6.07) is 0.271. The number of hydrogen-bond acceptors (Lipinski definition) is 4. The van der Waals surface area contributed by atoms with Gasteiger partial charge in [-0.3, -0.25) is 9.79 Å². The third-order valence-electron chi connectivity index (χ3n) is 5.27. The summed E-state index contributed by atoms with van der Waals surface area (Å²) >= 11 is 1.71. The number of aliphatic imine (C=N–C) groups is 1. The summed E-state index contributed by atoms with van der Waals surface area (Å²) in [6.45, 7) is 6.63. The van der Waals surface area contributed by atoms with Crippen molar-refractivity contribution in [3.05, 3.63) is 16.1 Å². The molecule has 27 heavy (non-hydrogen) atoms. The molecule has 8 heteroatoms. The van der Waals surface area contributed by atoms with Crippen LogP contribution in [-0.2, 0) is 11.3 Å². The molecule has 1 aliphatic heterocycles. The molecule has 1 amide bonds. The fourth-order valence-corrected chi connectivity index (χ4v) is 4.58. The summed E-state index contributed by atoms with van der Waals surface area (Å²) in [5.74, 6) is 1.88. The molecule has 1 aromatic heterocycles. The molecule has 1 aliphatic carbocycles. The second-order valence-corrected chi connectivity index (χ2v) is 8.54. The van der Waals surface area contributed by atoms with E-state index in [0.29, 0.717) is 18.4 Å². The van der Waals surface area contributed by atoms with E-state index in [0.717, 1.165) is 44.0 Å². The normalized spacial score (nSPS) is 20.8. The van der Waals surface area contributed by atoms with Crippen LogP contribution in [0.25, 0.3) is 0 Å². The van der Waals surface area contributed by atoms with Gasteiger partial charge in [-0.2, -0.15) is 0 Å². The van der Waals surface area contributed by atoms with Gasteiger partial charge in [-0.05, 0) is 19.3 Å². The van der Waals surface area contributed by atoms with Crippen LogP contribution in [0.3, 0.4) is 0 Å². The molecule has 2 heterocycles. The maximum atomic E-state index is 12.6. The van der Waals surface area contributed by atoms with Gasteiger partial charge in [0, 0.05) is 43.4 Å². The number of halogens is 1. The standard InChI is InChI=1S/C19H31N5OS.HI/c1-13(2)17-22-16(12-26-17)10-21-19(20-3)23-15-8-9-24(11-15)18(25)14-6-4-5-7-14;/h12-15H,4-11H2,1-3H3,(H2,20,21,23);1H. The second-order valence-electron chi connectivity index (χ2n) is 7.65. The first-order valence-corrected chi connectivity index (χ1v) is 10.6. The summed E-state index contributed by atoms with van der Waals surface area (Å²) in [6.07, 6.45) is 5.54. The number of nitrogens with zero attached hydrogens (tertiary/aromatic N) is 3. The van der Waals surface area contributed by atoms with Crippen molar-refractivity contribution in [1.29, 1.82) is 0 Å². The molecule has 0 aromatic carbocycles. The third-order valence-corrected chi connectivity index (χ3v) is 6.46. The van der Waals surface area contributed by atoms with Crippen LogP contribution < -0.4 is 10.6 Å². The Morgan fingerprint density at radius 2 is 2.11 bits per heavy atom. The highest BCUT2D eigenvalue weighted by Crippen LogP contribution is 2.27. The molecule has 2 fully saturated rings. The largest absolute Gasteiger partial charge is 0.352 e. The van der Waals surface area contributed by atoms with Crippen LogP contribution in [0.5, 0.6) is 0 Å². The molecule has 1 aromatic rings. The predicted molar refractivity (Wildman–Crippen MR) is 122 cm³/mol. The molecule has 6 nitrogen and oxygen atoms in total. The van der Waals surface area contributed by atoms with Gasteiger partial charge < -0.3 is 15.5 Å². The van der Waals surface area contributed by atoms with E-state index in [4.69, 9.17) is 0 Å². The number of carbonyl (C=O) groups is 1. The fourth-order valence-electron chi connectivity index (χ4n) is 3.74. The van der Waals surface area contributed by atoms with Crippen molar-refractivity contribution >= 4 is 47.2 Å². The quantitative estimate of drug-likeness (QED) is 0.366. The van der Waals surface area contributed by atoms with Gasteiger partial charge in [0.2, 0.25) is 5.91 Å². The van der Waals surface area contributed by atoms with Crippen LogP contribution >= 0.6 is 35.3 Å². The number of guanidine groups is 1. The lowest BCUT2D eigenvalue weighted by molar-refractivity contribution is -0.134. The zero-order valence-electron chi connectivity index (χ0n) is 16.5. The number of aromatic nitrogens is 1. The summed E-state index contributed by atoms with van der Waals surface area (Å²) in [7, 11) is 1.78. The van der Waals surface area contributed by atoms with Gasteiger partial charge in [0.05, 0.1) is 17.2 Å². The Morgan fingerprint density at radius 3 is 2.74 bits per heavy atom. The molecule has 2 N–H and O–H groups in total. The Morgan fingerprint density at radius 1 is 1.37 bits per heavy atom. The van der Waals surface area contributed by atoms with Gasteiger partial charge in [0.25, 0.3) is 0 Å². The first kappa shape index (κ1) is 22.4. The number of rotatable bonds is 5. The lowest BCUT2D eigenvalue weighted by Crippen LogP contribution is -2.45. The number of carbonyl (C=O) groups excluding carboxylic acids is 1. The minimum Gasteiger partial charge on any atom is -0.352 e. The van der Waals surface area contributed by atoms with E-state index in [2.05, 4.69) is 39.8 Å². The number of thiazole rings is 1. The number of amides is 1. The molecule has 0 bridgehead atoms. The predicted octanol–water partition coefficient (Wildman–Crippen LogP) is 3.34. The molecule has 152 valence electrons. The zero-order chi connectivity index (χ0) is 18.5. The number of hydrogen-bond donors (Lipinski definition) is 2. The van der Waals surface area contributed by atoms with Crippen LogP contribution in [0.4, 0.5) is 0 Å². The first-order valence-electron chi connectivity index (χ1n) is 9.77. The molecule has 0 spiro atoms. The van der Waals surface area contributed by atoms with Gasteiger partial charge >= 0.3 is 0 Å². The van der Waals surface area contributed by atoms with Crippen molar-refractivity contribution in [2.75, 3.05) is 20.1 Å². The van der Waals surface area contributed by atoms with Crippen LogP contribution in [-0.4, -0.2) is 47.9 Å². The van der Waals surface area contributed by atoms with Crippen LogP contribution in [0, 0.1) is 5.92 Å². The minimum absolute atomic E-state index is 0. The summed E-state index contributed by atoms with van der Waals surface area (Å²) in [5.41, 5.74) is 1.05. The van der Waals surface area contributed by atoms with E-state index >= 15 is 0 Å². The Balaban J connectivity index is 0.00000261. The lowest BCUT2D eigenvalue weighted by atomic mass is 10.1. The van der Waals surface area contributed by atoms with Gasteiger partial charge in [-0.1, -0.05) is 26.7 Å². The molecule has 1 atom stereocenters. The van der Waals surface area contributed by atoms with Crippen molar-refractivity contribution in [1.82, 2.24) is 20.5 Å². The smallest absolute Gasteiger partial charge is 0.225 e. The van der Waals surface area contributed by atoms with Crippen molar-refractivity contribution in [2.24, 2.45) is 10.9 Å². The Labute approximate surface area is 183 Å². The highest BCUT2D eigenvalue weighted by Gasteiger charge is 2.32. The zero-order valence-corrected chi connectivity index (χ0v) is 19.7. The van der Waals surface area contributed by atoms with E-state index in [9.17, 15) is 4.79 Å². The summed E-state index contributed by atoms with van der Waals surface area (Å²) < 4.78 is 0. The van der Waals surface area contributed by atoms with E-state index in [1.165, 1.54) is 17.8 Å². The maximum absolute atomic E-state index is 12.6. The van der Waals surface area contributed by atoms with Crippen LogP contribution in [0.2, 0.25) is 0 Å². The first-order chi connectivity index (χ1) is 12.6. The van der Waals surface area contributed by atoms with Crippen LogP contribution in [0.15, 0.2) is 10.4 Å². The molecular weight excluding hydrogens is 473 g/mol. The maximum Gasteiger partial charge on any atom is 0.225 e. The van der Waals surface area contributed by atoms with E-state index < -0.39 is 0 Å². The summed E-state index contributed by atoms with van der Waals surface area (Å²) in [5, 5.41) is 10.1. The van der Waals surface area contributed by atoms with Crippen LogP contribution in [0.1, 0.15) is 62.6 Å². The van der Waals surface area contributed by atoms with Gasteiger partial charge in [0.1, 0.15) is 0 Å². The molecule has 1 unspecified atom stereocenters. The molecule has 2 aliphatic rings. The summed E-state index contributed by atoms with van der Waals surface area (Å²) in [4.78, 5) is 23.6. The Hall–Kier alpha value is -0.900. The highest BCUT2D eigenvalue weighted by atomic mass is 127. The molecule has 0 radical (unpaired) electrons. The van der Waals surface area contributed by atoms with Gasteiger partial charge in [-0.25, -0.2) is 4.98 Å². The van der Waals surface area contributed by atoms with Crippen molar-refractivity contribution in [2.45, 2.75) is 64.5 Å². The molecular formula is C19H32IN5OS. The van der Waals surface area contributed by atoms with Crippen molar-refractivity contribution < 1.29 is 4.79 Å². The highest BCUT2D eigenvalue weighted by molar-refractivity contribution is 14.0. The second kappa shape index (κ2) is 10.6. The van der Waals surface area contributed by atoms with Crippen molar-refractivity contribution in [3.63, 3.8) is 0 Å². The van der Waals surface area contributed by atoms with Crippen molar-refractivity contribution in [3.8, 4) is 0 Å². The Bertz CT molecular complexity index is 642. The topological polar surface area (TPSA) is 69.6 Å². The van der Waals surface area contributed by atoms with E-state index in [1.807, 2.05) is 4.90 Å². The lowest BCUT2D eigenvalue weighted by Gasteiger charge is -2.21. The van der Waals surface area contributed by atoms with Gasteiger partial charge in [0.15, 0.2) is 5.96 Å². The number of nitrogens with one attached hydrogen (secondary N) is 2. The van der Waals surface area contributed by atoms with Gasteiger partial charge in [-0.15, -0.1) is 35.3 Å². The fraction of sp³-hybridized carbons (Fsp3) is 0.737. The van der Waals surface area contributed by atoms with E-state index in [-0.39, 0.29) is 35.9 Å². The SMILES string of the molecule is CN=C(NCc1csc(C(C)C)n1)NC1CCN(C(=O)C2CCCC2)C1.I.